The second-order valence-corrected chi connectivity index (χ2v) is 5.56. The van der Waals surface area contributed by atoms with Crippen LogP contribution in [0, 0.1) is 5.92 Å². The van der Waals surface area contributed by atoms with Crippen LogP contribution in [-0.4, -0.2) is 36.1 Å². The lowest BCUT2D eigenvalue weighted by Gasteiger charge is -2.44. The largest absolute Gasteiger partial charge is 0.315 e. The lowest BCUT2D eigenvalue weighted by atomic mass is 9.80. The first-order valence-electron chi connectivity index (χ1n) is 6.33. The Kier molecular flexibility index (Phi) is 3.59. The minimum atomic E-state index is 0. The summed E-state index contributed by atoms with van der Waals surface area (Å²) in [5.41, 5.74) is 0. The molecular formula is C12H23ClN2. The van der Waals surface area contributed by atoms with Crippen LogP contribution >= 0.6 is 12.4 Å². The predicted molar refractivity (Wildman–Crippen MR) is 65.6 cm³/mol. The summed E-state index contributed by atoms with van der Waals surface area (Å²) in [6.45, 7) is 4.90. The van der Waals surface area contributed by atoms with Crippen LogP contribution in [0.5, 0.6) is 0 Å². The lowest BCUT2D eigenvalue weighted by Crippen LogP contribution is -2.50. The third kappa shape index (κ3) is 2.04. The highest BCUT2D eigenvalue weighted by atomic mass is 35.5. The molecule has 2 bridgehead atoms. The summed E-state index contributed by atoms with van der Waals surface area (Å²) < 4.78 is 0. The van der Waals surface area contributed by atoms with Crippen LogP contribution in [0.4, 0.5) is 0 Å². The number of hydrogen-bond acceptors (Lipinski definition) is 2. The number of nitrogens with one attached hydrogen (secondary N) is 1. The molecule has 0 radical (unpaired) electrons. The van der Waals surface area contributed by atoms with Crippen molar-refractivity contribution in [2.75, 3.05) is 13.1 Å². The maximum atomic E-state index is 3.58. The van der Waals surface area contributed by atoms with Gasteiger partial charge in [-0.05, 0) is 44.6 Å². The summed E-state index contributed by atoms with van der Waals surface area (Å²) in [6, 6.07) is 2.75. The van der Waals surface area contributed by atoms with Crippen LogP contribution < -0.4 is 5.32 Å². The molecule has 1 aliphatic carbocycles. The van der Waals surface area contributed by atoms with E-state index >= 15 is 0 Å². The molecule has 2 aliphatic heterocycles. The third-order valence-electron chi connectivity index (χ3n) is 4.48. The second-order valence-electron chi connectivity index (χ2n) is 5.56. The van der Waals surface area contributed by atoms with Crippen molar-refractivity contribution < 1.29 is 0 Å². The molecule has 0 aromatic rings. The Labute approximate surface area is 99.2 Å². The zero-order chi connectivity index (χ0) is 9.54. The normalized spacial score (nSPS) is 45.4. The molecule has 2 atom stereocenters. The van der Waals surface area contributed by atoms with Gasteiger partial charge in [0.2, 0.25) is 0 Å². The van der Waals surface area contributed by atoms with Gasteiger partial charge in [0.05, 0.1) is 0 Å². The molecule has 0 amide bonds. The van der Waals surface area contributed by atoms with Gasteiger partial charge in [0.1, 0.15) is 0 Å². The molecule has 0 aromatic carbocycles. The fourth-order valence-corrected chi connectivity index (χ4v) is 3.72. The fourth-order valence-electron chi connectivity index (χ4n) is 3.72. The Morgan fingerprint density at radius 2 is 1.73 bits per heavy atom. The number of nitrogens with zero attached hydrogens (tertiary/aromatic N) is 1. The lowest BCUT2D eigenvalue weighted by molar-refractivity contribution is 0.0486. The quantitative estimate of drug-likeness (QED) is 0.742. The van der Waals surface area contributed by atoms with Crippen molar-refractivity contribution in [2.45, 2.75) is 57.2 Å². The molecule has 0 spiro atoms. The maximum absolute atomic E-state index is 3.58. The van der Waals surface area contributed by atoms with Gasteiger partial charge >= 0.3 is 0 Å². The van der Waals surface area contributed by atoms with Gasteiger partial charge in [0, 0.05) is 24.7 Å². The molecule has 3 fully saturated rings. The minimum absolute atomic E-state index is 0. The van der Waals surface area contributed by atoms with E-state index in [1.807, 2.05) is 0 Å². The summed E-state index contributed by atoms with van der Waals surface area (Å²) in [4.78, 5) is 2.88. The summed E-state index contributed by atoms with van der Waals surface area (Å²) >= 11 is 0. The van der Waals surface area contributed by atoms with Crippen molar-refractivity contribution in [1.29, 1.82) is 0 Å². The van der Waals surface area contributed by atoms with Gasteiger partial charge in [-0.25, -0.2) is 0 Å². The first-order chi connectivity index (χ1) is 6.84. The van der Waals surface area contributed by atoms with Gasteiger partial charge < -0.3 is 5.32 Å². The molecular weight excluding hydrogens is 208 g/mol. The SMILES string of the molecule is CC1CC(N2C3CCNCC2CC3)C1.Cl. The van der Waals surface area contributed by atoms with Crippen molar-refractivity contribution in [3.8, 4) is 0 Å². The average Bonchev–Trinajstić information content (AvgIpc) is 2.34. The highest BCUT2D eigenvalue weighted by molar-refractivity contribution is 5.85. The molecule has 15 heavy (non-hydrogen) atoms. The summed E-state index contributed by atoms with van der Waals surface area (Å²) in [5, 5.41) is 3.58. The first-order valence-corrected chi connectivity index (χ1v) is 6.33. The van der Waals surface area contributed by atoms with Gasteiger partial charge in [-0.3, -0.25) is 4.90 Å². The fraction of sp³-hybridized carbons (Fsp3) is 1.00. The zero-order valence-electron chi connectivity index (χ0n) is 9.61. The van der Waals surface area contributed by atoms with Gasteiger partial charge in [-0.1, -0.05) is 6.92 Å². The van der Waals surface area contributed by atoms with Gasteiger partial charge in [-0.15, -0.1) is 12.4 Å². The van der Waals surface area contributed by atoms with Crippen molar-refractivity contribution >= 4 is 12.4 Å². The van der Waals surface area contributed by atoms with E-state index in [-0.39, 0.29) is 12.4 Å². The molecule has 0 aromatic heterocycles. The van der Waals surface area contributed by atoms with E-state index < -0.39 is 0 Å². The van der Waals surface area contributed by atoms with E-state index in [1.54, 1.807) is 0 Å². The van der Waals surface area contributed by atoms with E-state index in [4.69, 9.17) is 0 Å². The van der Waals surface area contributed by atoms with Gasteiger partial charge in [-0.2, -0.15) is 0 Å². The highest BCUT2D eigenvalue weighted by Gasteiger charge is 2.42. The van der Waals surface area contributed by atoms with Crippen molar-refractivity contribution in [1.82, 2.24) is 10.2 Å². The molecule has 3 rings (SSSR count). The van der Waals surface area contributed by atoms with Crippen LogP contribution in [-0.2, 0) is 0 Å². The van der Waals surface area contributed by atoms with E-state index in [9.17, 15) is 0 Å². The predicted octanol–water partition coefficient (Wildman–Crippen LogP) is 2.03. The molecule has 3 heteroatoms. The van der Waals surface area contributed by atoms with Crippen LogP contribution in [0.2, 0.25) is 0 Å². The number of fused-ring (bicyclic) bond motifs is 2. The minimum Gasteiger partial charge on any atom is -0.315 e. The second kappa shape index (κ2) is 4.60. The Hall–Kier alpha value is 0.210. The molecule has 1 saturated carbocycles. The molecule has 88 valence electrons. The number of hydrogen-bond donors (Lipinski definition) is 1. The maximum Gasteiger partial charge on any atom is 0.0227 e. The Morgan fingerprint density at radius 3 is 2.47 bits per heavy atom. The molecule has 2 heterocycles. The van der Waals surface area contributed by atoms with E-state index in [0.717, 1.165) is 24.0 Å². The smallest absolute Gasteiger partial charge is 0.0227 e. The Balaban J connectivity index is 0.000000853. The first kappa shape index (κ1) is 11.7. The number of rotatable bonds is 1. The van der Waals surface area contributed by atoms with E-state index in [0.29, 0.717) is 0 Å². The monoisotopic (exact) mass is 230 g/mol. The van der Waals surface area contributed by atoms with Crippen LogP contribution in [0.15, 0.2) is 0 Å². The molecule has 1 N–H and O–H groups in total. The summed E-state index contributed by atoms with van der Waals surface area (Å²) in [6.07, 6.45) is 7.24. The van der Waals surface area contributed by atoms with Crippen molar-refractivity contribution in [2.24, 2.45) is 5.92 Å². The third-order valence-corrected chi connectivity index (χ3v) is 4.48. The van der Waals surface area contributed by atoms with Crippen LogP contribution in [0.25, 0.3) is 0 Å². The standard InChI is InChI=1S/C12H22N2.ClH/c1-9-6-12(7-9)14-10-2-3-11(14)8-13-5-4-10;/h9-13H,2-8H2,1H3;1H. The van der Waals surface area contributed by atoms with Crippen LogP contribution in [0.3, 0.4) is 0 Å². The van der Waals surface area contributed by atoms with Gasteiger partial charge in [0.15, 0.2) is 0 Å². The van der Waals surface area contributed by atoms with E-state index in [1.165, 1.54) is 45.2 Å². The molecule has 2 saturated heterocycles. The Bertz CT molecular complexity index is 202. The van der Waals surface area contributed by atoms with Crippen molar-refractivity contribution in [3.05, 3.63) is 0 Å². The van der Waals surface area contributed by atoms with Crippen LogP contribution in [0.1, 0.15) is 39.0 Å². The summed E-state index contributed by atoms with van der Waals surface area (Å²) in [7, 11) is 0. The van der Waals surface area contributed by atoms with Gasteiger partial charge in [0.25, 0.3) is 0 Å². The molecule has 3 aliphatic rings. The highest BCUT2D eigenvalue weighted by Crippen LogP contribution is 2.39. The number of halogens is 1. The molecule has 2 unspecified atom stereocenters. The van der Waals surface area contributed by atoms with E-state index in [2.05, 4.69) is 17.1 Å². The average molecular weight is 231 g/mol. The summed E-state index contributed by atoms with van der Waals surface area (Å²) in [5.74, 6) is 0.996. The topological polar surface area (TPSA) is 15.3 Å². The Morgan fingerprint density at radius 1 is 1.00 bits per heavy atom. The van der Waals surface area contributed by atoms with Crippen molar-refractivity contribution in [3.63, 3.8) is 0 Å². The molecule has 2 nitrogen and oxygen atoms in total. The zero-order valence-corrected chi connectivity index (χ0v) is 10.4.